The van der Waals surface area contributed by atoms with Gasteiger partial charge >= 0.3 is 13.9 Å². The van der Waals surface area contributed by atoms with E-state index in [0.717, 1.165) is 60.7 Å². The van der Waals surface area contributed by atoms with Crippen molar-refractivity contribution in [3.63, 3.8) is 0 Å². The third kappa shape index (κ3) is 9.00. The van der Waals surface area contributed by atoms with E-state index in [9.17, 15) is 14.3 Å². The largest absolute Gasteiger partial charge is 0.472 e. The SMILES string of the molecule is CC[C@H](CC[C@@H](C)[C@H]1CCC2C3CC=C4C[C@@H](OC(=O)NCCOP(=O)(O)OCC[N+](C)(C)C)CC[C@]4(C)C3CC[C@@]21C)C(C)C. The van der Waals surface area contributed by atoms with Gasteiger partial charge in [0, 0.05) is 13.0 Å². The number of allylic oxidation sites excluding steroid dienone is 1. The van der Waals surface area contributed by atoms with E-state index < -0.39 is 13.9 Å². The van der Waals surface area contributed by atoms with Gasteiger partial charge in [0.05, 0.1) is 27.7 Å². The first-order valence-electron chi connectivity index (χ1n) is 18.6. The third-order valence-corrected chi connectivity index (χ3v) is 14.2. The minimum Gasteiger partial charge on any atom is -0.446 e. The summed E-state index contributed by atoms with van der Waals surface area (Å²) in [6.07, 6.45) is 15.4. The van der Waals surface area contributed by atoms with Gasteiger partial charge in [0.2, 0.25) is 0 Å². The normalized spacial score (nSPS) is 35.3. The van der Waals surface area contributed by atoms with Crippen molar-refractivity contribution in [3.05, 3.63) is 11.6 Å². The van der Waals surface area contributed by atoms with E-state index in [1.807, 2.05) is 21.1 Å². The van der Waals surface area contributed by atoms with Crippen LogP contribution in [0.3, 0.4) is 0 Å². The Morgan fingerprint density at radius 3 is 2.43 bits per heavy atom. The number of ether oxygens (including phenoxy) is 1. The van der Waals surface area contributed by atoms with Crippen molar-refractivity contribution in [2.75, 3.05) is 47.4 Å². The molecule has 0 spiro atoms. The van der Waals surface area contributed by atoms with E-state index in [-0.39, 0.29) is 31.3 Å². The van der Waals surface area contributed by atoms with E-state index in [4.69, 9.17) is 13.8 Å². The topological polar surface area (TPSA) is 94.1 Å². The van der Waals surface area contributed by atoms with Crippen LogP contribution >= 0.6 is 7.82 Å². The molecule has 0 radical (unpaired) electrons. The predicted molar refractivity (Wildman–Crippen MR) is 185 cm³/mol. The van der Waals surface area contributed by atoms with Gasteiger partial charge in [-0.3, -0.25) is 9.05 Å². The van der Waals surface area contributed by atoms with Gasteiger partial charge in [-0.2, -0.15) is 0 Å². The van der Waals surface area contributed by atoms with E-state index in [1.165, 1.54) is 56.9 Å². The Labute approximate surface area is 281 Å². The summed E-state index contributed by atoms with van der Waals surface area (Å²) in [5.74, 6) is 5.67. The molecular weight excluding hydrogens is 599 g/mol. The number of nitrogens with zero attached hydrogens (tertiary/aromatic N) is 1. The summed E-state index contributed by atoms with van der Waals surface area (Å²) in [6, 6.07) is 0. The number of likely N-dealkylation sites (N-methyl/N-ethyl adjacent to an activating group) is 1. The van der Waals surface area contributed by atoms with Crippen molar-refractivity contribution in [3.8, 4) is 0 Å². The van der Waals surface area contributed by atoms with Crippen molar-refractivity contribution in [2.24, 2.45) is 52.3 Å². The van der Waals surface area contributed by atoms with Crippen molar-refractivity contribution < 1.29 is 32.5 Å². The lowest BCUT2D eigenvalue weighted by Gasteiger charge is -2.58. The Kier molecular flexibility index (Phi) is 12.6. The number of carbonyl (C=O) groups is 1. The van der Waals surface area contributed by atoms with Crippen LogP contribution in [0.4, 0.5) is 4.79 Å². The number of carbonyl (C=O) groups excluding carboxylic acids is 1. The number of hydrogen-bond acceptors (Lipinski definition) is 5. The van der Waals surface area contributed by atoms with E-state index in [2.05, 4.69) is 52.9 Å². The molecule has 4 rings (SSSR count). The molecule has 0 aromatic heterocycles. The molecule has 3 fully saturated rings. The molecule has 2 N–H and O–H groups in total. The Bertz CT molecular complexity index is 1110. The Morgan fingerprint density at radius 2 is 1.76 bits per heavy atom. The first kappa shape index (κ1) is 37.9. The highest BCUT2D eigenvalue weighted by Crippen LogP contribution is 2.67. The van der Waals surface area contributed by atoms with Gasteiger partial charge in [0.1, 0.15) is 19.3 Å². The molecule has 0 saturated heterocycles. The van der Waals surface area contributed by atoms with Crippen LogP contribution in [0.15, 0.2) is 11.6 Å². The molecule has 4 unspecified atom stereocenters. The summed E-state index contributed by atoms with van der Waals surface area (Å²) in [4.78, 5) is 22.5. The highest BCUT2D eigenvalue weighted by Gasteiger charge is 2.59. The molecule has 0 heterocycles. The molecule has 4 aliphatic rings. The minimum absolute atomic E-state index is 0.0790. The number of amides is 1. The second-order valence-corrected chi connectivity index (χ2v) is 18.8. The quantitative estimate of drug-likeness (QED) is 0.0786. The van der Waals surface area contributed by atoms with Crippen molar-refractivity contribution in [2.45, 2.75) is 118 Å². The molecule has 0 bridgehead atoms. The third-order valence-electron chi connectivity index (χ3n) is 13.2. The van der Waals surface area contributed by atoms with Crippen LogP contribution in [0.1, 0.15) is 112 Å². The Hall–Kier alpha value is -0.920. The van der Waals surface area contributed by atoms with Crippen LogP contribution in [0, 0.1) is 52.3 Å². The molecule has 3 saturated carbocycles. The second-order valence-electron chi connectivity index (χ2n) is 17.3. The standard InChI is InChI=1S/C37H67N2O6P/c1-10-28(26(2)3)12-11-27(4)32-15-16-33-31-14-13-29-25-30(17-19-36(29,5)34(31)18-20-37(32,33)6)45-35(40)38-21-23-43-46(41,42)44-24-22-39(7,8)9/h13,26-28,30-34H,10-12,14-25H2,1-9H3,(H-,38,40,41,42)/p+1/t27-,28-,30+,31?,32-,33?,34?,36+,37-/m1/s1. The van der Waals surface area contributed by atoms with Gasteiger partial charge in [0.25, 0.3) is 0 Å². The van der Waals surface area contributed by atoms with Gasteiger partial charge in [-0.15, -0.1) is 0 Å². The predicted octanol–water partition coefficient (Wildman–Crippen LogP) is 8.60. The molecule has 8 nitrogen and oxygen atoms in total. The Balaban J connectivity index is 1.26. The number of phosphoric acid groups is 1. The number of nitrogens with one attached hydrogen (secondary N) is 1. The molecule has 10 atom stereocenters. The number of phosphoric ester groups is 1. The van der Waals surface area contributed by atoms with Crippen LogP contribution in [0.5, 0.6) is 0 Å². The molecule has 0 aliphatic heterocycles. The van der Waals surface area contributed by atoms with Crippen LogP contribution in [-0.4, -0.2) is 69.0 Å². The van der Waals surface area contributed by atoms with Crippen molar-refractivity contribution >= 4 is 13.9 Å². The van der Waals surface area contributed by atoms with Gasteiger partial charge in [-0.25, -0.2) is 9.36 Å². The molecule has 1 amide bonds. The van der Waals surface area contributed by atoms with E-state index in [0.29, 0.717) is 16.4 Å². The first-order chi connectivity index (χ1) is 21.5. The number of hydrogen-bond donors (Lipinski definition) is 2. The fourth-order valence-corrected chi connectivity index (χ4v) is 11.1. The summed E-state index contributed by atoms with van der Waals surface area (Å²) in [7, 11) is 1.78. The van der Waals surface area contributed by atoms with Crippen molar-refractivity contribution in [1.29, 1.82) is 0 Å². The van der Waals surface area contributed by atoms with Crippen LogP contribution < -0.4 is 5.32 Å². The van der Waals surface area contributed by atoms with Gasteiger partial charge in [0.15, 0.2) is 0 Å². The summed E-state index contributed by atoms with van der Waals surface area (Å²) < 4.78 is 28.6. The molecule has 266 valence electrons. The van der Waals surface area contributed by atoms with Gasteiger partial charge in [-0.05, 0) is 104 Å². The maximum absolute atomic E-state index is 12.6. The monoisotopic (exact) mass is 667 g/mol. The summed E-state index contributed by atoms with van der Waals surface area (Å²) >= 11 is 0. The smallest absolute Gasteiger partial charge is 0.446 e. The van der Waals surface area contributed by atoms with Gasteiger partial charge in [-0.1, -0.05) is 66.0 Å². The fraction of sp³-hybridized carbons (Fsp3) is 0.919. The maximum atomic E-state index is 12.6. The first-order valence-corrected chi connectivity index (χ1v) is 20.0. The zero-order chi connectivity index (χ0) is 33.9. The van der Waals surface area contributed by atoms with E-state index in [1.54, 1.807) is 0 Å². The minimum atomic E-state index is -4.15. The summed E-state index contributed by atoms with van der Waals surface area (Å²) in [5, 5.41) is 2.68. The van der Waals surface area contributed by atoms with Crippen LogP contribution in [0.25, 0.3) is 0 Å². The average Bonchev–Trinajstić information content (AvgIpc) is 3.32. The molecule has 0 aromatic rings. The number of quaternary nitrogens is 1. The Morgan fingerprint density at radius 1 is 1.04 bits per heavy atom. The summed E-state index contributed by atoms with van der Waals surface area (Å²) in [6.45, 7) is 15.5. The van der Waals surface area contributed by atoms with Crippen LogP contribution in [-0.2, 0) is 18.3 Å². The molecular formula is C37H68N2O6P+. The fourth-order valence-electron chi connectivity index (χ4n) is 10.4. The zero-order valence-electron chi connectivity index (χ0n) is 30.7. The lowest BCUT2D eigenvalue weighted by Crippen LogP contribution is -2.51. The molecule has 9 heteroatoms. The highest BCUT2D eigenvalue weighted by atomic mass is 31.2. The van der Waals surface area contributed by atoms with Crippen molar-refractivity contribution in [1.82, 2.24) is 5.32 Å². The summed E-state index contributed by atoms with van der Waals surface area (Å²) in [5.41, 5.74) is 2.18. The lowest BCUT2D eigenvalue weighted by atomic mass is 9.47. The molecule has 0 aromatic carbocycles. The molecule has 46 heavy (non-hydrogen) atoms. The number of alkyl carbamates (subject to hydrolysis) is 1. The number of fused-ring (bicyclic) bond motifs is 5. The van der Waals surface area contributed by atoms with E-state index >= 15 is 0 Å². The molecule has 4 aliphatic carbocycles. The maximum Gasteiger partial charge on any atom is 0.472 e. The average molecular weight is 668 g/mol. The second kappa shape index (κ2) is 15.3. The van der Waals surface area contributed by atoms with Crippen LogP contribution in [0.2, 0.25) is 0 Å². The zero-order valence-corrected chi connectivity index (χ0v) is 31.6. The number of rotatable bonds is 15. The highest BCUT2D eigenvalue weighted by molar-refractivity contribution is 7.47. The van der Waals surface area contributed by atoms with Gasteiger partial charge < -0.3 is 19.4 Å². The lowest BCUT2D eigenvalue weighted by molar-refractivity contribution is -0.870.